The number of nitrogens with zero attached hydrogens (tertiary/aromatic N) is 3. The molecule has 6 heteroatoms. The molecule has 0 aromatic rings. The fourth-order valence-corrected chi connectivity index (χ4v) is 3.48. The molecule has 6 nitrogen and oxygen atoms in total. The summed E-state index contributed by atoms with van der Waals surface area (Å²) in [7, 11) is 0. The van der Waals surface area contributed by atoms with Crippen molar-refractivity contribution in [3.63, 3.8) is 0 Å². The number of carbonyl (C=O) groups excluding carboxylic acids is 2. The summed E-state index contributed by atoms with van der Waals surface area (Å²) in [6.07, 6.45) is 4.29. The highest BCUT2D eigenvalue weighted by Crippen LogP contribution is 2.27. The molecule has 21 heavy (non-hydrogen) atoms. The number of hydrogen-bond donors (Lipinski definition) is 1. The number of rotatable bonds is 5. The largest absolute Gasteiger partial charge is 0.338 e. The van der Waals surface area contributed by atoms with Gasteiger partial charge in [-0.05, 0) is 45.7 Å². The number of amides is 3. The molecule has 0 atom stereocenters. The van der Waals surface area contributed by atoms with Crippen molar-refractivity contribution < 1.29 is 9.59 Å². The maximum absolute atomic E-state index is 12.5. The van der Waals surface area contributed by atoms with Gasteiger partial charge in [-0.2, -0.15) is 0 Å². The van der Waals surface area contributed by atoms with Crippen molar-refractivity contribution >= 4 is 11.9 Å². The van der Waals surface area contributed by atoms with Crippen LogP contribution >= 0.6 is 0 Å². The van der Waals surface area contributed by atoms with Crippen LogP contribution in [0.15, 0.2) is 0 Å². The highest BCUT2D eigenvalue weighted by Gasteiger charge is 2.37. The Balaban J connectivity index is 1.54. The molecule has 0 bridgehead atoms. The van der Waals surface area contributed by atoms with E-state index in [0.717, 1.165) is 51.9 Å². The maximum Gasteiger partial charge on any atom is 0.320 e. The van der Waals surface area contributed by atoms with E-state index in [0.29, 0.717) is 18.6 Å². The monoisotopic (exact) mass is 294 g/mol. The molecule has 0 spiro atoms. The number of carbonyl (C=O) groups is 2. The van der Waals surface area contributed by atoms with Crippen molar-refractivity contribution in [1.82, 2.24) is 20.0 Å². The summed E-state index contributed by atoms with van der Waals surface area (Å²) in [5, 5.41) is 3.33. The average Bonchev–Trinajstić information content (AvgIpc) is 3.26. The molecule has 1 saturated carbocycles. The predicted octanol–water partition coefficient (Wildman–Crippen LogP) is 0.487. The van der Waals surface area contributed by atoms with Crippen LogP contribution in [0.5, 0.6) is 0 Å². The Morgan fingerprint density at radius 2 is 1.95 bits per heavy atom. The van der Waals surface area contributed by atoms with Gasteiger partial charge in [-0.1, -0.05) is 0 Å². The lowest BCUT2D eigenvalue weighted by molar-refractivity contribution is -0.132. The van der Waals surface area contributed by atoms with Gasteiger partial charge in [-0.25, -0.2) is 4.79 Å². The number of piperidine rings is 1. The number of likely N-dealkylation sites (N-methyl/N-ethyl adjacent to an activating group) is 1. The van der Waals surface area contributed by atoms with Crippen LogP contribution in [0.2, 0.25) is 0 Å². The van der Waals surface area contributed by atoms with Gasteiger partial charge in [0, 0.05) is 31.7 Å². The van der Waals surface area contributed by atoms with Gasteiger partial charge < -0.3 is 20.0 Å². The first kappa shape index (κ1) is 14.6. The average molecular weight is 294 g/mol. The molecule has 0 unspecified atom stereocenters. The van der Waals surface area contributed by atoms with Crippen LogP contribution < -0.4 is 5.32 Å². The van der Waals surface area contributed by atoms with Crippen LogP contribution in [0.4, 0.5) is 4.79 Å². The van der Waals surface area contributed by atoms with Gasteiger partial charge in [0.25, 0.3) is 0 Å². The highest BCUT2D eigenvalue weighted by molar-refractivity contribution is 5.85. The standard InChI is InChI=1S/C15H26N4O2/c1-2-18(12-3-4-12)14(20)11-17-9-10-19(15(17)21)13-5-7-16-8-6-13/h12-13,16H,2-11H2,1H3. The van der Waals surface area contributed by atoms with E-state index in [1.165, 1.54) is 0 Å². The number of nitrogens with one attached hydrogen (secondary N) is 1. The molecule has 2 heterocycles. The van der Waals surface area contributed by atoms with Gasteiger partial charge in [-0.3, -0.25) is 4.79 Å². The van der Waals surface area contributed by atoms with Crippen molar-refractivity contribution in [3.05, 3.63) is 0 Å². The van der Waals surface area contributed by atoms with Gasteiger partial charge >= 0.3 is 6.03 Å². The maximum atomic E-state index is 12.5. The second-order valence-electron chi connectivity index (χ2n) is 6.29. The fourth-order valence-electron chi connectivity index (χ4n) is 3.48. The SMILES string of the molecule is CCN(C(=O)CN1CCN(C2CCNCC2)C1=O)C1CC1. The predicted molar refractivity (Wildman–Crippen MR) is 80.0 cm³/mol. The second-order valence-corrected chi connectivity index (χ2v) is 6.29. The van der Waals surface area contributed by atoms with E-state index in [-0.39, 0.29) is 18.5 Å². The Morgan fingerprint density at radius 1 is 1.24 bits per heavy atom. The Morgan fingerprint density at radius 3 is 2.57 bits per heavy atom. The third-order valence-electron chi connectivity index (χ3n) is 4.85. The summed E-state index contributed by atoms with van der Waals surface area (Å²) in [6.45, 7) is 6.46. The Kier molecular flexibility index (Phi) is 4.33. The smallest absolute Gasteiger partial charge is 0.320 e. The first-order chi connectivity index (χ1) is 10.2. The van der Waals surface area contributed by atoms with Gasteiger partial charge in [0.05, 0.1) is 0 Å². The summed E-state index contributed by atoms with van der Waals surface area (Å²) in [5.74, 6) is 0.112. The van der Waals surface area contributed by atoms with Crippen molar-refractivity contribution in [1.29, 1.82) is 0 Å². The van der Waals surface area contributed by atoms with Gasteiger partial charge in [0.1, 0.15) is 6.54 Å². The first-order valence-electron chi connectivity index (χ1n) is 8.26. The van der Waals surface area contributed by atoms with Crippen LogP contribution in [0.1, 0.15) is 32.6 Å². The van der Waals surface area contributed by atoms with E-state index in [9.17, 15) is 9.59 Å². The normalized spacial score (nSPS) is 23.8. The molecule has 3 rings (SSSR count). The van der Waals surface area contributed by atoms with E-state index in [2.05, 4.69) is 5.32 Å². The number of urea groups is 1. The van der Waals surface area contributed by atoms with Crippen LogP contribution in [-0.2, 0) is 4.79 Å². The van der Waals surface area contributed by atoms with Crippen LogP contribution in [0.25, 0.3) is 0 Å². The van der Waals surface area contributed by atoms with E-state index >= 15 is 0 Å². The molecule has 118 valence electrons. The Labute approximate surface area is 126 Å². The second kappa shape index (κ2) is 6.22. The Hall–Kier alpha value is -1.30. The molecular weight excluding hydrogens is 268 g/mol. The summed E-state index contributed by atoms with van der Waals surface area (Å²) in [6, 6.07) is 0.840. The van der Waals surface area contributed by atoms with E-state index in [1.54, 1.807) is 4.90 Å². The van der Waals surface area contributed by atoms with Crippen molar-refractivity contribution in [2.75, 3.05) is 39.3 Å². The minimum Gasteiger partial charge on any atom is -0.338 e. The van der Waals surface area contributed by atoms with Gasteiger partial charge in [-0.15, -0.1) is 0 Å². The summed E-state index contributed by atoms with van der Waals surface area (Å²) < 4.78 is 0. The summed E-state index contributed by atoms with van der Waals surface area (Å²) >= 11 is 0. The fraction of sp³-hybridized carbons (Fsp3) is 0.867. The minimum atomic E-state index is 0.0575. The van der Waals surface area contributed by atoms with Crippen LogP contribution in [0.3, 0.4) is 0 Å². The molecule has 2 saturated heterocycles. The van der Waals surface area contributed by atoms with Crippen molar-refractivity contribution in [2.45, 2.75) is 44.7 Å². The van der Waals surface area contributed by atoms with Crippen LogP contribution in [-0.4, -0.2) is 78.0 Å². The molecule has 1 aliphatic carbocycles. The zero-order chi connectivity index (χ0) is 14.8. The van der Waals surface area contributed by atoms with E-state index < -0.39 is 0 Å². The molecule has 3 amide bonds. The molecular formula is C15H26N4O2. The zero-order valence-electron chi connectivity index (χ0n) is 12.9. The van der Waals surface area contributed by atoms with Crippen molar-refractivity contribution in [3.8, 4) is 0 Å². The molecule has 0 aromatic carbocycles. The lowest BCUT2D eigenvalue weighted by Crippen LogP contribution is -2.47. The van der Waals surface area contributed by atoms with E-state index in [1.807, 2.05) is 16.7 Å². The van der Waals surface area contributed by atoms with Crippen LogP contribution in [0, 0.1) is 0 Å². The zero-order valence-corrected chi connectivity index (χ0v) is 12.9. The molecule has 1 N–H and O–H groups in total. The first-order valence-corrected chi connectivity index (χ1v) is 8.26. The minimum absolute atomic E-state index is 0.0575. The third kappa shape index (κ3) is 3.15. The third-order valence-corrected chi connectivity index (χ3v) is 4.85. The molecule has 0 radical (unpaired) electrons. The summed E-state index contributed by atoms with van der Waals surface area (Å²) in [5.41, 5.74) is 0. The summed E-state index contributed by atoms with van der Waals surface area (Å²) in [4.78, 5) is 30.5. The lowest BCUT2D eigenvalue weighted by Gasteiger charge is -2.31. The van der Waals surface area contributed by atoms with Gasteiger partial charge in [0.15, 0.2) is 0 Å². The molecule has 0 aromatic heterocycles. The Bertz CT molecular complexity index is 404. The van der Waals surface area contributed by atoms with Gasteiger partial charge in [0.2, 0.25) is 5.91 Å². The van der Waals surface area contributed by atoms with E-state index in [4.69, 9.17) is 0 Å². The lowest BCUT2D eigenvalue weighted by atomic mass is 10.1. The number of hydrogen-bond acceptors (Lipinski definition) is 3. The topological polar surface area (TPSA) is 55.9 Å². The molecule has 3 fully saturated rings. The quantitative estimate of drug-likeness (QED) is 0.803. The molecule has 3 aliphatic rings. The van der Waals surface area contributed by atoms with Crippen molar-refractivity contribution in [2.24, 2.45) is 0 Å². The highest BCUT2D eigenvalue weighted by atomic mass is 16.2. The molecule has 2 aliphatic heterocycles.